The number of ether oxygens (including phenoxy) is 2. The molecule has 3 aromatic rings. The molecule has 0 unspecified atom stereocenters. The lowest BCUT2D eigenvalue weighted by Crippen LogP contribution is -2.04. The number of benzene rings is 1. The van der Waals surface area contributed by atoms with Crippen molar-refractivity contribution in [2.24, 2.45) is 0 Å². The van der Waals surface area contributed by atoms with E-state index in [1.165, 1.54) is 11.3 Å². The van der Waals surface area contributed by atoms with E-state index in [1.807, 2.05) is 17.5 Å². The first-order chi connectivity index (χ1) is 12.5. The third-order valence-electron chi connectivity index (χ3n) is 3.58. The van der Waals surface area contributed by atoms with Gasteiger partial charge in [0.2, 0.25) is 5.95 Å². The van der Waals surface area contributed by atoms with Crippen LogP contribution in [0.25, 0.3) is 0 Å². The van der Waals surface area contributed by atoms with Crippen LogP contribution in [-0.2, 0) is 0 Å². The second-order valence-corrected chi connectivity index (χ2v) is 7.60. The van der Waals surface area contributed by atoms with Gasteiger partial charge < -0.3 is 20.5 Å². The number of nitrogens with one attached hydrogen (secondary N) is 1. The number of nitrogens with zero attached hydrogens (tertiary/aromatic N) is 3. The summed E-state index contributed by atoms with van der Waals surface area (Å²) in [4.78, 5) is 12.6. The van der Waals surface area contributed by atoms with Gasteiger partial charge in [0.1, 0.15) is 17.3 Å². The normalized spacial score (nSPS) is 10.8. The molecular formula is C17H18IN5O2S. The molecule has 1 aromatic carbocycles. The van der Waals surface area contributed by atoms with E-state index < -0.39 is 0 Å². The van der Waals surface area contributed by atoms with Gasteiger partial charge in [0.05, 0.1) is 22.4 Å². The van der Waals surface area contributed by atoms with Crippen LogP contribution in [0, 0.1) is 3.57 Å². The number of halogens is 1. The highest BCUT2D eigenvalue weighted by atomic mass is 127. The fourth-order valence-electron chi connectivity index (χ4n) is 2.28. The van der Waals surface area contributed by atoms with E-state index in [2.05, 4.69) is 56.7 Å². The first-order valence-electron chi connectivity index (χ1n) is 7.81. The number of aromatic nitrogens is 3. The van der Waals surface area contributed by atoms with Crippen molar-refractivity contribution in [3.8, 4) is 17.2 Å². The third-order valence-corrected chi connectivity index (χ3v) is 5.01. The van der Waals surface area contributed by atoms with Gasteiger partial charge >= 0.3 is 0 Å². The highest BCUT2D eigenvalue weighted by molar-refractivity contribution is 14.1. The molecule has 0 atom stereocenters. The molecule has 3 rings (SSSR count). The highest BCUT2D eigenvalue weighted by Crippen LogP contribution is 2.37. The minimum Gasteiger partial charge on any atom is -0.496 e. The molecule has 0 bridgehead atoms. The van der Waals surface area contributed by atoms with Crippen LogP contribution in [0.5, 0.6) is 17.2 Å². The van der Waals surface area contributed by atoms with E-state index >= 15 is 0 Å². The van der Waals surface area contributed by atoms with Crippen LogP contribution in [0.1, 0.15) is 25.3 Å². The minimum absolute atomic E-state index is 0.248. The van der Waals surface area contributed by atoms with E-state index in [9.17, 15) is 0 Å². The Bertz CT molecular complexity index is 902. The summed E-state index contributed by atoms with van der Waals surface area (Å²) in [6.07, 6.45) is 1.55. The molecule has 0 saturated heterocycles. The molecule has 3 N–H and O–H groups in total. The number of hydrogen-bond acceptors (Lipinski definition) is 8. The Labute approximate surface area is 169 Å². The van der Waals surface area contributed by atoms with Gasteiger partial charge in [-0.3, -0.25) is 0 Å². The molecule has 26 heavy (non-hydrogen) atoms. The Morgan fingerprint density at radius 1 is 1.19 bits per heavy atom. The fraction of sp³-hybridized carbons (Fsp3) is 0.235. The summed E-state index contributed by atoms with van der Waals surface area (Å²) in [5.41, 5.74) is 8.80. The molecule has 0 aliphatic carbocycles. The average Bonchev–Trinajstić information content (AvgIpc) is 3.10. The smallest absolute Gasteiger partial charge is 0.230 e. The summed E-state index contributed by atoms with van der Waals surface area (Å²) in [6.45, 7) is 4.18. The number of hydrogen-bond donors (Lipinski definition) is 2. The van der Waals surface area contributed by atoms with Crippen LogP contribution < -0.4 is 20.5 Å². The maximum atomic E-state index is 6.06. The van der Waals surface area contributed by atoms with Crippen LogP contribution in [0.2, 0.25) is 0 Å². The van der Waals surface area contributed by atoms with Gasteiger partial charge in [-0.25, -0.2) is 9.97 Å². The van der Waals surface area contributed by atoms with Gasteiger partial charge in [0, 0.05) is 10.9 Å². The van der Waals surface area contributed by atoms with Gasteiger partial charge in [0.25, 0.3) is 0 Å². The first kappa shape index (κ1) is 18.6. The van der Waals surface area contributed by atoms with E-state index in [-0.39, 0.29) is 11.7 Å². The lowest BCUT2D eigenvalue weighted by Gasteiger charge is -2.17. The van der Waals surface area contributed by atoms with Crippen LogP contribution in [0.4, 0.5) is 17.6 Å². The van der Waals surface area contributed by atoms with Crippen molar-refractivity contribution in [2.75, 3.05) is 18.2 Å². The van der Waals surface area contributed by atoms with E-state index in [1.54, 1.807) is 18.8 Å². The Morgan fingerprint density at radius 3 is 2.62 bits per heavy atom. The molecule has 9 heteroatoms. The van der Waals surface area contributed by atoms with Gasteiger partial charge in [0.15, 0.2) is 11.6 Å². The summed E-state index contributed by atoms with van der Waals surface area (Å²) in [5, 5.41) is 4.85. The topological polar surface area (TPSA) is 95.2 Å². The molecule has 7 nitrogen and oxygen atoms in total. The lowest BCUT2D eigenvalue weighted by molar-refractivity contribution is 0.407. The summed E-state index contributed by atoms with van der Waals surface area (Å²) >= 11 is 3.69. The molecule has 2 heterocycles. The number of nitrogen functional groups attached to an aromatic ring is 1. The number of thiazole rings is 1. The van der Waals surface area contributed by atoms with Crippen LogP contribution in [-0.4, -0.2) is 22.1 Å². The van der Waals surface area contributed by atoms with Crippen molar-refractivity contribution < 1.29 is 9.47 Å². The second-order valence-electron chi connectivity index (χ2n) is 5.72. The quantitative estimate of drug-likeness (QED) is 0.487. The zero-order valence-corrected chi connectivity index (χ0v) is 17.5. The Morgan fingerprint density at radius 2 is 2.00 bits per heavy atom. The standard InChI is InChI=1S/C17H18IN5O2S/c1-9(2)10-4-13(24-3)11(18)5-12(10)25-14-6-20-17(23-16(14)19)22-15-7-26-8-21-15/h4-9H,1-3H3,(H3,19,20,22,23). The van der Waals surface area contributed by atoms with Crippen molar-refractivity contribution in [2.45, 2.75) is 19.8 Å². The first-order valence-corrected chi connectivity index (χ1v) is 9.83. The molecule has 0 aliphatic heterocycles. The number of nitrogens with two attached hydrogens (primary N) is 1. The lowest BCUT2D eigenvalue weighted by atomic mass is 10.0. The second kappa shape index (κ2) is 8.04. The van der Waals surface area contributed by atoms with Gasteiger partial charge in [-0.2, -0.15) is 4.98 Å². The predicted molar refractivity (Wildman–Crippen MR) is 112 cm³/mol. The number of rotatable bonds is 6. The largest absolute Gasteiger partial charge is 0.496 e. The maximum absolute atomic E-state index is 6.06. The SMILES string of the molecule is COc1cc(C(C)C)c(Oc2cnc(Nc3cscn3)nc2N)cc1I. The van der Waals surface area contributed by atoms with Gasteiger partial charge in [-0.1, -0.05) is 13.8 Å². The maximum Gasteiger partial charge on any atom is 0.230 e. The predicted octanol–water partition coefficient (Wildman–Crippen LogP) is 4.79. The van der Waals surface area contributed by atoms with E-state index in [4.69, 9.17) is 15.2 Å². The highest BCUT2D eigenvalue weighted by Gasteiger charge is 2.16. The van der Waals surface area contributed by atoms with Crippen molar-refractivity contribution in [3.05, 3.63) is 38.4 Å². The molecule has 0 spiro atoms. The average molecular weight is 483 g/mol. The molecule has 0 radical (unpaired) electrons. The van der Waals surface area contributed by atoms with Crippen molar-refractivity contribution in [1.29, 1.82) is 0 Å². The molecule has 0 aliphatic rings. The van der Waals surface area contributed by atoms with Crippen LogP contribution in [0.3, 0.4) is 0 Å². The Kier molecular flexibility index (Phi) is 5.77. The van der Waals surface area contributed by atoms with Crippen molar-refractivity contribution in [3.63, 3.8) is 0 Å². The van der Waals surface area contributed by atoms with Gasteiger partial charge in [-0.15, -0.1) is 11.3 Å². The summed E-state index contributed by atoms with van der Waals surface area (Å²) in [5.74, 6) is 3.47. The Hall–Kier alpha value is -2.14. The van der Waals surface area contributed by atoms with E-state index in [0.717, 1.165) is 14.9 Å². The third kappa shape index (κ3) is 4.15. The van der Waals surface area contributed by atoms with E-state index in [0.29, 0.717) is 23.3 Å². The summed E-state index contributed by atoms with van der Waals surface area (Å²) in [6, 6.07) is 3.91. The zero-order valence-electron chi connectivity index (χ0n) is 14.5. The molecular weight excluding hydrogens is 465 g/mol. The molecule has 0 saturated carbocycles. The van der Waals surface area contributed by atoms with Crippen LogP contribution >= 0.6 is 33.9 Å². The van der Waals surface area contributed by atoms with Crippen LogP contribution in [0.15, 0.2) is 29.2 Å². The fourth-order valence-corrected chi connectivity index (χ4v) is 3.42. The number of methoxy groups -OCH3 is 1. The Balaban J connectivity index is 1.88. The summed E-state index contributed by atoms with van der Waals surface area (Å²) < 4.78 is 12.4. The van der Waals surface area contributed by atoms with Gasteiger partial charge in [-0.05, 0) is 40.6 Å². The minimum atomic E-state index is 0.248. The summed E-state index contributed by atoms with van der Waals surface area (Å²) in [7, 11) is 1.65. The molecule has 0 fully saturated rings. The molecule has 0 amide bonds. The molecule has 136 valence electrons. The zero-order chi connectivity index (χ0) is 18.7. The molecule has 2 aromatic heterocycles. The van der Waals surface area contributed by atoms with Crippen molar-refractivity contribution in [1.82, 2.24) is 15.0 Å². The monoisotopic (exact) mass is 483 g/mol. The van der Waals surface area contributed by atoms with Crippen molar-refractivity contribution >= 4 is 51.5 Å². The number of anilines is 3.